The molecule has 2 aromatic rings. The van der Waals surface area contributed by atoms with Gasteiger partial charge in [-0.05, 0) is 29.8 Å². The Bertz CT molecular complexity index is 758. The van der Waals surface area contributed by atoms with E-state index in [1.807, 2.05) is 6.07 Å². The van der Waals surface area contributed by atoms with Crippen molar-refractivity contribution in [2.45, 2.75) is 11.4 Å². The summed E-state index contributed by atoms with van der Waals surface area (Å²) in [5.74, 6) is 0.666. The maximum atomic E-state index is 12.7. The van der Waals surface area contributed by atoms with Crippen LogP contribution in [0.4, 0.5) is 0 Å². The predicted molar refractivity (Wildman–Crippen MR) is 88.1 cm³/mol. The summed E-state index contributed by atoms with van der Waals surface area (Å²) in [5.41, 5.74) is 0.800. The molecule has 0 aliphatic carbocycles. The van der Waals surface area contributed by atoms with E-state index in [0.29, 0.717) is 5.75 Å². The van der Waals surface area contributed by atoms with E-state index >= 15 is 0 Å². The zero-order valence-electron chi connectivity index (χ0n) is 12.1. The number of rotatable bonds is 5. The Hall–Kier alpha value is -1.27. The largest absolute Gasteiger partial charge is 0.497 e. The lowest BCUT2D eigenvalue weighted by atomic mass is 10.2. The van der Waals surface area contributed by atoms with Gasteiger partial charge >= 0.3 is 0 Å². The van der Waals surface area contributed by atoms with E-state index in [0.717, 1.165) is 5.56 Å². The van der Waals surface area contributed by atoms with Crippen LogP contribution in [0.1, 0.15) is 5.56 Å². The first-order valence-corrected chi connectivity index (χ1v) is 8.59. The van der Waals surface area contributed by atoms with Crippen LogP contribution in [-0.4, -0.2) is 26.9 Å². The average molecular weight is 360 g/mol. The summed E-state index contributed by atoms with van der Waals surface area (Å²) in [5, 5.41) is 0.204. The molecule has 22 heavy (non-hydrogen) atoms. The molecule has 118 valence electrons. The number of benzene rings is 2. The third-order valence-corrected chi connectivity index (χ3v) is 5.89. The molecule has 0 aliphatic rings. The van der Waals surface area contributed by atoms with Gasteiger partial charge in [-0.25, -0.2) is 8.42 Å². The second-order valence-electron chi connectivity index (χ2n) is 4.66. The van der Waals surface area contributed by atoms with Crippen molar-refractivity contribution in [3.8, 4) is 5.75 Å². The Morgan fingerprint density at radius 3 is 2.27 bits per heavy atom. The van der Waals surface area contributed by atoms with Crippen LogP contribution < -0.4 is 4.74 Å². The molecule has 0 unspecified atom stereocenters. The van der Waals surface area contributed by atoms with Gasteiger partial charge in [-0.3, -0.25) is 0 Å². The maximum Gasteiger partial charge on any atom is 0.246 e. The normalized spacial score (nSPS) is 11.7. The van der Waals surface area contributed by atoms with Gasteiger partial charge in [0.05, 0.1) is 17.2 Å². The van der Waals surface area contributed by atoms with Crippen molar-refractivity contribution < 1.29 is 13.2 Å². The summed E-state index contributed by atoms with van der Waals surface area (Å²) in [6.45, 7) is 0.182. The molecule has 0 bridgehead atoms. The molecule has 0 aromatic heterocycles. The monoisotopic (exact) mass is 359 g/mol. The van der Waals surface area contributed by atoms with E-state index in [4.69, 9.17) is 27.9 Å². The fraction of sp³-hybridized carbons (Fsp3) is 0.200. The fourth-order valence-corrected chi connectivity index (χ4v) is 4.24. The third kappa shape index (κ3) is 3.55. The molecule has 7 heteroatoms. The summed E-state index contributed by atoms with van der Waals surface area (Å²) in [6, 6.07) is 11.8. The Labute approximate surface area is 140 Å². The number of hydrogen-bond acceptors (Lipinski definition) is 3. The molecule has 0 heterocycles. The lowest BCUT2D eigenvalue weighted by Gasteiger charge is -2.19. The van der Waals surface area contributed by atoms with E-state index in [1.54, 1.807) is 31.4 Å². The van der Waals surface area contributed by atoms with Crippen LogP contribution in [-0.2, 0) is 16.6 Å². The first-order chi connectivity index (χ1) is 10.4. The Balaban J connectivity index is 2.33. The van der Waals surface area contributed by atoms with E-state index in [9.17, 15) is 8.42 Å². The minimum Gasteiger partial charge on any atom is -0.497 e. The van der Waals surface area contributed by atoms with Crippen molar-refractivity contribution in [3.05, 3.63) is 58.1 Å². The highest BCUT2D eigenvalue weighted by Crippen LogP contribution is 2.31. The molecule has 0 spiro atoms. The fourth-order valence-electron chi connectivity index (χ4n) is 2.00. The number of sulfonamides is 1. The minimum absolute atomic E-state index is 0.0799. The molecule has 4 nitrogen and oxygen atoms in total. The van der Waals surface area contributed by atoms with Crippen LogP contribution in [0.25, 0.3) is 0 Å². The SMILES string of the molecule is COc1cccc(CN(C)S(=O)(=O)c2c(Cl)cccc2Cl)c1. The van der Waals surface area contributed by atoms with Gasteiger partial charge < -0.3 is 4.74 Å². The summed E-state index contributed by atoms with van der Waals surface area (Å²) in [4.78, 5) is -0.0799. The zero-order valence-corrected chi connectivity index (χ0v) is 14.4. The molecule has 0 saturated heterocycles. The van der Waals surface area contributed by atoms with E-state index in [1.165, 1.54) is 23.5 Å². The Morgan fingerprint density at radius 1 is 1.09 bits per heavy atom. The molecule has 0 atom stereocenters. The van der Waals surface area contributed by atoms with Crippen LogP contribution in [0, 0.1) is 0 Å². The van der Waals surface area contributed by atoms with Crippen molar-refractivity contribution in [1.29, 1.82) is 0 Å². The van der Waals surface area contributed by atoms with Crippen LogP contribution in [0.15, 0.2) is 47.4 Å². The lowest BCUT2D eigenvalue weighted by Crippen LogP contribution is -2.27. The standard InChI is InChI=1S/C15H15Cl2NO3S/c1-18(10-11-5-3-6-12(9-11)21-2)22(19,20)15-13(16)7-4-8-14(15)17/h3-9H,10H2,1-2H3. The molecule has 0 N–H and O–H groups in total. The van der Waals surface area contributed by atoms with Crippen LogP contribution >= 0.6 is 23.2 Å². The molecule has 0 fully saturated rings. The zero-order chi connectivity index (χ0) is 16.3. The lowest BCUT2D eigenvalue weighted by molar-refractivity contribution is 0.412. The van der Waals surface area contributed by atoms with Gasteiger partial charge in [0.15, 0.2) is 0 Å². The predicted octanol–water partition coefficient (Wildman–Crippen LogP) is 3.82. The molecule has 0 aliphatic heterocycles. The Kier molecular flexibility index (Phi) is 5.34. The highest BCUT2D eigenvalue weighted by atomic mass is 35.5. The van der Waals surface area contributed by atoms with Crippen LogP contribution in [0.2, 0.25) is 10.0 Å². The second kappa shape index (κ2) is 6.87. The number of halogens is 2. The second-order valence-corrected chi connectivity index (χ2v) is 7.46. The van der Waals surface area contributed by atoms with Crippen LogP contribution in [0.5, 0.6) is 5.75 Å². The molecule has 2 rings (SSSR count). The van der Waals surface area contributed by atoms with Gasteiger partial charge in [0, 0.05) is 13.6 Å². The van der Waals surface area contributed by atoms with E-state index in [2.05, 4.69) is 0 Å². The number of hydrogen-bond donors (Lipinski definition) is 0. The summed E-state index contributed by atoms with van der Waals surface area (Å²) in [6.07, 6.45) is 0. The quantitative estimate of drug-likeness (QED) is 0.814. The highest BCUT2D eigenvalue weighted by Gasteiger charge is 2.26. The third-order valence-electron chi connectivity index (χ3n) is 3.13. The summed E-state index contributed by atoms with van der Waals surface area (Å²) >= 11 is 12.0. The summed E-state index contributed by atoms with van der Waals surface area (Å²) < 4.78 is 31.7. The van der Waals surface area contributed by atoms with Gasteiger partial charge in [0.25, 0.3) is 0 Å². The number of methoxy groups -OCH3 is 1. The molecule has 2 aromatic carbocycles. The first kappa shape index (κ1) is 17.1. The molecule has 0 amide bonds. The van der Waals surface area contributed by atoms with E-state index < -0.39 is 10.0 Å². The van der Waals surface area contributed by atoms with Gasteiger partial charge in [0.2, 0.25) is 10.0 Å². The van der Waals surface area contributed by atoms with Crippen molar-refractivity contribution in [2.24, 2.45) is 0 Å². The van der Waals surface area contributed by atoms with Crippen LogP contribution in [0.3, 0.4) is 0 Å². The van der Waals surface area contributed by atoms with Crippen molar-refractivity contribution in [3.63, 3.8) is 0 Å². The average Bonchev–Trinajstić information content (AvgIpc) is 2.47. The van der Waals surface area contributed by atoms with Crippen molar-refractivity contribution >= 4 is 33.2 Å². The summed E-state index contributed by atoms with van der Waals surface area (Å²) in [7, 11) is -0.750. The smallest absolute Gasteiger partial charge is 0.246 e. The molecular weight excluding hydrogens is 345 g/mol. The Morgan fingerprint density at radius 2 is 1.68 bits per heavy atom. The van der Waals surface area contributed by atoms with Gasteiger partial charge in [-0.15, -0.1) is 0 Å². The molecule has 0 saturated carbocycles. The molecular formula is C15H15Cl2NO3S. The maximum absolute atomic E-state index is 12.7. The topological polar surface area (TPSA) is 46.6 Å². The first-order valence-electron chi connectivity index (χ1n) is 6.39. The highest BCUT2D eigenvalue weighted by molar-refractivity contribution is 7.89. The molecule has 0 radical (unpaired) electrons. The van der Waals surface area contributed by atoms with Gasteiger partial charge in [0.1, 0.15) is 10.6 Å². The van der Waals surface area contributed by atoms with Gasteiger partial charge in [-0.2, -0.15) is 4.31 Å². The number of ether oxygens (including phenoxy) is 1. The van der Waals surface area contributed by atoms with Crippen molar-refractivity contribution in [2.75, 3.05) is 14.2 Å². The van der Waals surface area contributed by atoms with Crippen molar-refractivity contribution in [1.82, 2.24) is 4.31 Å². The number of nitrogens with zero attached hydrogens (tertiary/aromatic N) is 1. The van der Waals surface area contributed by atoms with E-state index in [-0.39, 0.29) is 21.5 Å². The van der Waals surface area contributed by atoms with Gasteiger partial charge in [-0.1, -0.05) is 41.4 Å². The minimum atomic E-state index is -3.79.